The van der Waals surface area contributed by atoms with Crippen molar-refractivity contribution in [1.29, 1.82) is 5.26 Å². The average molecular weight is 358 g/mol. The smallest absolute Gasteiger partial charge is 0.224 e. The van der Waals surface area contributed by atoms with Gasteiger partial charge in [-0.05, 0) is 29.8 Å². The molecule has 0 aliphatic heterocycles. The fraction of sp³-hybridized carbons (Fsp3) is 0.0556. The van der Waals surface area contributed by atoms with Gasteiger partial charge in [0, 0.05) is 11.1 Å². The molecule has 3 aromatic rings. The number of benzene rings is 2. The molecule has 24 heavy (non-hydrogen) atoms. The van der Waals surface area contributed by atoms with Gasteiger partial charge >= 0.3 is 0 Å². The van der Waals surface area contributed by atoms with Crippen molar-refractivity contribution in [2.45, 2.75) is 6.54 Å². The second-order valence-corrected chi connectivity index (χ2v) is 5.99. The molecule has 2 N–H and O–H groups in total. The minimum atomic E-state index is 0.375. The molecule has 0 saturated heterocycles. The Morgan fingerprint density at radius 2 is 1.79 bits per heavy atom. The monoisotopic (exact) mass is 357 g/mol. The van der Waals surface area contributed by atoms with Crippen LogP contribution in [-0.2, 0) is 6.54 Å². The molecule has 4 nitrogen and oxygen atoms in total. The van der Waals surface area contributed by atoms with Crippen LogP contribution in [0, 0.1) is 11.3 Å². The van der Waals surface area contributed by atoms with Crippen LogP contribution in [0.5, 0.6) is 11.6 Å². The lowest BCUT2D eigenvalue weighted by Gasteiger charge is -2.13. The fourth-order valence-electron chi connectivity index (χ4n) is 2.32. The first-order valence-corrected chi connectivity index (χ1v) is 7.90. The van der Waals surface area contributed by atoms with E-state index in [2.05, 4.69) is 6.07 Å². The Morgan fingerprint density at radius 3 is 2.46 bits per heavy atom. The van der Waals surface area contributed by atoms with E-state index >= 15 is 0 Å². The summed E-state index contributed by atoms with van der Waals surface area (Å²) in [6, 6.07) is 18.2. The minimum absolute atomic E-state index is 0.375. The maximum absolute atomic E-state index is 9.37. The predicted molar refractivity (Wildman–Crippen MR) is 95.6 cm³/mol. The van der Waals surface area contributed by atoms with Crippen molar-refractivity contribution in [3.63, 3.8) is 0 Å². The maximum Gasteiger partial charge on any atom is 0.224 e. The van der Waals surface area contributed by atoms with Gasteiger partial charge in [0.05, 0.1) is 17.3 Å². The Labute approximate surface area is 149 Å². The number of nitrogens with two attached hydrogens (primary N) is 1. The van der Waals surface area contributed by atoms with E-state index in [0.29, 0.717) is 39.6 Å². The number of halogens is 2. The summed E-state index contributed by atoms with van der Waals surface area (Å²) in [5.74, 6) is 0.861. The largest absolute Gasteiger partial charge is 0.437 e. The molecule has 3 rings (SSSR count). The van der Waals surface area contributed by atoms with E-state index in [1.165, 1.54) is 0 Å². The second-order valence-electron chi connectivity index (χ2n) is 5.15. The zero-order chi connectivity index (χ0) is 17.1. The first kappa shape index (κ1) is 16.3. The number of nitrogens with zero attached hydrogens (tertiary/aromatic N) is 2. The lowest BCUT2D eigenvalue weighted by Crippen LogP contribution is -2.05. The van der Waals surface area contributed by atoms with Crippen LogP contribution < -0.4 is 10.5 Å². The minimum Gasteiger partial charge on any atom is -0.437 e. The third kappa shape index (κ3) is 3.33. The van der Waals surface area contributed by atoms with Gasteiger partial charge in [0.2, 0.25) is 5.88 Å². The van der Waals surface area contributed by atoms with Gasteiger partial charge in [-0.2, -0.15) is 5.26 Å². The molecule has 0 fully saturated rings. The van der Waals surface area contributed by atoms with E-state index in [9.17, 15) is 5.26 Å². The zero-order valence-electron chi connectivity index (χ0n) is 12.5. The van der Waals surface area contributed by atoms with Crippen LogP contribution in [0.15, 0.2) is 54.6 Å². The van der Waals surface area contributed by atoms with Gasteiger partial charge in [-0.25, -0.2) is 0 Å². The highest BCUT2D eigenvalue weighted by molar-refractivity contribution is 6.32. The summed E-state index contributed by atoms with van der Waals surface area (Å²) < 4.78 is 7.59. The topological polar surface area (TPSA) is 64.0 Å². The lowest BCUT2D eigenvalue weighted by atomic mass is 10.2. The third-order valence-electron chi connectivity index (χ3n) is 3.49. The van der Waals surface area contributed by atoms with Crippen molar-refractivity contribution < 1.29 is 4.74 Å². The molecule has 6 heteroatoms. The molecule has 120 valence electrons. The summed E-state index contributed by atoms with van der Waals surface area (Å²) in [7, 11) is 0. The Bertz CT molecular complexity index is 911. The number of anilines is 1. The average Bonchev–Trinajstić information content (AvgIpc) is 2.87. The third-order valence-corrected chi connectivity index (χ3v) is 4.05. The zero-order valence-corrected chi connectivity index (χ0v) is 14.1. The Morgan fingerprint density at radius 1 is 1.08 bits per heavy atom. The summed E-state index contributed by atoms with van der Waals surface area (Å²) >= 11 is 12.1. The standard InChI is InChI=1S/C18H13Cl2N3O/c19-13-7-5-12(6-8-13)11-23-14(10-21)9-16(22)18(23)24-17-4-2-1-3-15(17)20/h1-9H,11,22H2. The SMILES string of the molecule is N#Cc1cc(N)c(Oc2ccccc2Cl)n1Cc1ccc(Cl)cc1. The molecule has 0 aliphatic carbocycles. The van der Waals surface area contributed by atoms with Gasteiger partial charge in [0.1, 0.15) is 17.5 Å². The number of para-hydroxylation sites is 1. The quantitative estimate of drug-likeness (QED) is 0.707. The molecule has 0 spiro atoms. The molecular formula is C18H13Cl2N3O. The van der Waals surface area contributed by atoms with Gasteiger partial charge in [-0.15, -0.1) is 0 Å². The molecule has 0 radical (unpaired) electrons. The van der Waals surface area contributed by atoms with Crippen LogP contribution >= 0.6 is 23.2 Å². The van der Waals surface area contributed by atoms with Crippen LogP contribution in [0.1, 0.15) is 11.3 Å². The summed E-state index contributed by atoms with van der Waals surface area (Å²) in [4.78, 5) is 0. The number of nitriles is 1. The fourth-order valence-corrected chi connectivity index (χ4v) is 2.62. The molecule has 0 saturated carbocycles. The first-order chi connectivity index (χ1) is 11.6. The van der Waals surface area contributed by atoms with Gasteiger partial charge in [0.15, 0.2) is 0 Å². The molecule has 0 aliphatic rings. The summed E-state index contributed by atoms with van der Waals surface area (Å²) in [6.07, 6.45) is 0. The van der Waals surface area contributed by atoms with E-state index in [-0.39, 0.29) is 0 Å². The van der Waals surface area contributed by atoms with E-state index in [4.69, 9.17) is 33.7 Å². The number of hydrogen-bond acceptors (Lipinski definition) is 3. The highest BCUT2D eigenvalue weighted by atomic mass is 35.5. The van der Waals surface area contributed by atoms with Crippen LogP contribution in [0.4, 0.5) is 5.69 Å². The highest BCUT2D eigenvalue weighted by Crippen LogP contribution is 2.35. The molecule has 0 unspecified atom stereocenters. The van der Waals surface area contributed by atoms with Crippen LogP contribution in [0.3, 0.4) is 0 Å². The number of rotatable bonds is 4. The van der Waals surface area contributed by atoms with E-state index in [0.717, 1.165) is 5.56 Å². The van der Waals surface area contributed by atoms with Gasteiger partial charge in [0.25, 0.3) is 0 Å². The van der Waals surface area contributed by atoms with Gasteiger partial charge in [-0.3, -0.25) is 4.57 Å². The Balaban J connectivity index is 2.00. The maximum atomic E-state index is 9.37. The van der Waals surface area contributed by atoms with Gasteiger partial charge < -0.3 is 10.5 Å². The van der Waals surface area contributed by atoms with Crippen molar-refractivity contribution >= 4 is 28.9 Å². The predicted octanol–water partition coefficient (Wildman–Crippen LogP) is 5.09. The molecule has 0 atom stereocenters. The van der Waals surface area contributed by atoms with Crippen molar-refractivity contribution in [3.8, 4) is 17.7 Å². The number of hydrogen-bond donors (Lipinski definition) is 1. The van der Waals surface area contributed by atoms with Crippen molar-refractivity contribution in [2.75, 3.05) is 5.73 Å². The first-order valence-electron chi connectivity index (χ1n) is 7.14. The number of ether oxygens (including phenoxy) is 1. The van der Waals surface area contributed by atoms with E-state index < -0.39 is 0 Å². The van der Waals surface area contributed by atoms with Crippen LogP contribution in [0.25, 0.3) is 0 Å². The summed E-state index contributed by atoms with van der Waals surface area (Å²) in [5.41, 5.74) is 7.78. The highest BCUT2D eigenvalue weighted by Gasteiger charge is 2.16. The Hall–Kier alpha value is -2.61. The van der Waals surface area contributed by atoms with E-state index in [1.54, 1.807) is 34.9 Å². The normalized spacial score (nSPS) is 10.4. The molecule has 0 amide bonds. The van der Waals surface area contributed by atoms with Crippen LogP contribution in [-0.4, -0.2) is 4.57 Å². The Kier molecular flexibility index (Phi) is 4.66. The van der Waals surface area contributed by atoms with Gasteiger partial charge in [-0.1, -0.05) is 47.5 Å². The lowest BCUT2D eigenvalue weighted by molar-refractivity contribution is 0.437. The van der Waals surface area contributed by atoms with Crippen molar-refractivity contribution in [1.82, 2.24) is 4.57 Å². The number of nitrogen functional groups attached to an aromatic ring is 1. The van der Waals surface area contributed by atoms with Crippen molar-refractivity contribution in [2.24, 2.45) is 0 Å². The molecule has 2 aromatic carbocycles. The van der Waals surface area contributed by atoms with Crippen LogP contribution in [0.2, 0.25) is 10.0 Å². The summed E-state index contributed by atoms with van der Waals surface area (Å²) in [5, 5.41) is 10.5. The summed E-state index contributed by atoms with van der Waals surface area (Å²) in [6.45, 7) is 0.428. The molecular weight excluding hydrogens is 345 g/mol. The molecule has 0 bridgehead atoms. The molecule has 1 heterocycles. The van der Waals surface area contributed by atoms with E-state index in [1.807, 2.05) is 24.3 Å². The van der Waals surface area contributed by atoms with Crippen molar-refractivity contribution in [3.05, 3.63) is 75.9 Å². The number of aromatic nitrogens is 1. The second kappa shape index (κ2) is 6.88. The molecule has 1 aromatic heterocycles.